The largest absolute Gasteiger partial charge is 0.331 e. The molecule has 0 amide bonds. The molecule has 15 heavy (non-hydrogen) atoms. The lowest BCUT2D eigenvalue weighted by molar-refractivity contribution is 0.281. The normalized spacial score (nSPS) is 13.1. The third-order valence-electron chi connectivity index (χ3n) is 2.21. The highest BCUT2D eigenvalue weighted by Crippen LogP contribution is 2.81. The third-order valence-corrected chi connectivity index (χ3v) is 15.4. The zero-order chi connectivity index (χ0) is 12.1. The minimum absolute atomic E-state index is 0.497. The minimum atomic E-state index is -1.55. The molecule has 0 aromatic carbocycles. The van der Waals surface area contributed by atoms with Gasteiger partial charge in [-0.05, 0) is 25.2 Å². The molecule has 92 valence electrons. The van der Waals surface area contributed by atoms with E-state index in [9.17, 15) is 0 Å². The Bertz CT molecular complexity index is 201. The van der Waals surface area contributed by atoms with Crippen LogP contribution in [0.15, 0.2) is 0 Å². The SMILES string of the molecule is CCOP(OCC)P(=S)(C(C)C)C(C)C. The molecule has 0 atom stereocenters. The van der Waals surface area contributed by atoms with Crippen molar-refractivity contribution in [2.45, 2.75) is 52.9 Å². The summed E-state index contributed by atoms with van der Waals surface area (Å²) in [5, 5.41) is 0. The molecule has 0 saturated heterocycles. The van der Waals surface area contributed by atoms with Crippen LogP contribution in [0.25, 0.3) is 0 Å². The fourth-order valence-corrected chi connectivity index (χ4v) is 9.12. The first-order valence-corrected chi connectivity index (χ1v) is 10.4. The molecule has 0 aliphatic carbocycles. The van der Waals surface area contributed by atoms with Gasteiger partial charge in [-0.15, -0.1) is 0 Å². The van der Waals surface area contributed by atoms with Gasteiger partial charge in [0.15, 0.2) is 0 Å². The molecule has 0 unspecified atom stereocenters. The third kappa shape index (κ3) is 4.06. The molecule has 2 nitrogen and oxygen atoms in total. The van der Waals surface area contributed by atoms with Crippen molar-refractivity contribution in [1.82, 2.24) is 0 Å². The van der Waals surface area contributed by atoms with Crippen LogP contribution in [0, 0.1) is 0 Å². The first kappa shape index (κ1) is 16.0. The molecule has 0 N–H and O–H groups in total. The summed E-state index contributed by atoms with van der Waals surface area (Å²) in [6, 6.07) is 0. The van der Waals surface area contributed by atoms with Crippen LogP contribution in [0.3, 0.4) is 0 Å². The fourth-order valence-electron chi connectivity index (χ4n) is 1.41. The van der Waals surface area contributed by atoms with Crippen LogP contribution >= 0.6 is 13.8 Å². The highest BCUT2D eigenvalue weighted by Gasteiger charge is 2.36. The second-order valence-corrected chi connectivity index (χ2v) is 13.9. The Morgan fingerprint density at radius 2 is 1.33 bits per heavy atom. The maximum Gasteiger partial charge on any atom is 0.206 e. The van der Waals surface area contributed by atoms with Crippen LogP contribution in [0.2, 0.25) is 0 Å². The molecular weight excluding hydrogens is 246 g/mol. The zero-order valence-corrected chi connectivity index (χ0v) is 13.3. The molecule has 0 aromatic rings. The lowest BCUT2D eigenvalue weighted by atomic mass is 10.5. The molecule has 0 aromatic heterocycles. The summed E-state index contributed by atoms with van der Waals surface area (Å²) < 4.78 is 11.5. The van der Waals surface area contributed by atoms with Gasteiger partial charge in [0, 0.05) is 5.73 Å². The van der Waals surface area contributed by atoms with Gasteiger partial charge in [-0.2, -0.15) is 0 Å². The van der Waals surface area contributed by atoms with Crippen LogP contribution in [-0.2, 0) is 20.9 Å². The Hall–Kier alpha value is 1.00. The average Bonchev–Trinajstić information content (AvgIpc) is 2.15. The lowest BCUT2D eigenvalue weighted by Crippen LogP contribution is -2.09. The standard InChI is InChI=1S/C10H24O2P2S/c1-7-11-13(12-8-2)14(15,9(3)4)10(5)6/h9-10H,7-8H2,1-6H3. The minimum Gasteiger partial charge on any atom is -0.331 e. The van der Waals surface area contributed by atoms with Gasteiger partial charge in [-0.3, -0.25) is 0 Å². The molecule has 0 rings (SSSR count). The van der Waals surface area contributed by atoms with E-state index in [2.05, 4.69) is 27.7 Å². The van der Waals surface area contributed by atoms with E-state index in [0.717, 1.165) is 0 Å². The van der Waals surface area contributed by atoms with Crippen molar-refractivity contribution in [3.63, 3.8) is 0 Å². The summed E-state index contributed by atoms with van der Waals surface area (Å²) in [4.78, 5) is 0. The van der Waals surface area contributed by atoms with E-state index in [1.54, 1.807) is 0 Å². The van der Waals surface area contributed by atoms with Crippen molar-refractivity contribution >= 4 is 25.6 Å². The maximum atomic E-state index is 5.89. The lowest BCUT2D eigenvalue weighted by Gasteiger charge is -2.35. The molecule has 0 bridgehead atoms. The molecule has 0 fully saturated rings. The first-order valence-electron chi connectivity index (χ1n) is 5.57. The molecule has 0 radical (unpaired) electrons. The average molecular weight is 270 g/mol. The van der Waals surface area contributed by atoms with Gasteiger partial charge in [0.2, 0.25) is 8.06 Å². The van der Waals surface area contributed by atoms with Crippen molar-refractivity contribution in [3.8, 4) is 0 Å². The molecule has 0 aliphatic heterocycles. The maximum absolute atomic E-state index is 5.89. The number of rotatable bonds is 7. The Morgan fingerprint density at radius 1 is 1.00 bits per heavy atom. The summed E-state index contributed by atoms with van der Waals surface area (Å²) in [6.07, 6.45) is 0. The van der Waals surface area contributed by atoms with E-state index in [4.69, 9.17) is 20.9 Å². The van der Waals surface area contributed by atoms with E-state index >= 15 is 0 Å². The second-order valence-electron chi connectivity index (χ2n) is 3.93. The van der Waals surface area contributed by atoms with Crippen molar-refractivity contribution in [2.24, 2.45) is 0 Å². The van der Waals surface area contributed by atoms with E-state index in [0.29, 0.717) is 24.5 Å². The van der Waals surface area contributed by atoms with Gasteiger partial charge < -0.3 is 9.05 Å². The zero-order valence-electron chi connectivity index (χ0n) is 10.7. The molecular formula is C10H24O2P2S. The number of hydrogen-bond donors (Lipinski definition) is 0. The number of hydrogen-bond acceptors (Lipinski definition) is 3. The van der Waals surface area contributed by atoms with Gasteiger partial charge in [0.25, 0.3) is 0 Å². The predicted octanol–water partition coefficient (Wildman–Crippen LogP) is 4.58. The molecule has 0 heterocycles. The van der Waals surface area contributed by atoms with Gasteiger partial charge in [-0.25, -0.2) is 0 Å². The summed E-state index contributed by atoms with van der Waals surface area (Å²) in [5.74, 6) is 0. The van der Waals surface area contributed by atoms with Gasteiger partial charge in [0.05, 0.1) is 13.2 Å². The van der Waals surface area contributed by atoms with E-state index in [-0.39, 0.29) is 0 Å². The summed E-state index contributed by atoms with van der Waals surface area (Å²) in [6.45, 7) is 14.2. The Balaban J connectivity index is 4.91. The summed E-state index contributed by atoms with van der Waals surface area (Å²) >= 11 is 5.89. The first-order chi connectivity index (χ1) is 6.91. The van der Waals surface area contributed by atoms with E-state index < -0.39 is 13.8 Å². The van der Waals surface area contributed by atoms with Crippen LogP contribution in [0.1, 0.15) is 41.5 Å². The Kier molecular flexibility index (Phi) is 7.84. The monoisotopic (exact) mass is 270 g/mol. The van der Waals surface area contributed by atoms with E-state index in [1.807, 2.05) is 13.8 Å². The van der Waals surface area contributed by atoms with Crippen molar-refractivity contribution < 1.29 is 9.05 Å². The van der Waals surface area contributed by atoms with Crippen molar-refractivity contribution in [2.75, 3.05) is 13.2 Å². The molecule has 0 aliphatic rings. The van der Waals surface area contributed by atoms with Gasteiger partial charge >= 0.3 is 0 Å². The predicted molar refractivity (Wildman–Crippen MR) is 74.7 cm³/mol. The van der Waals surface area contributed by atoms with Crippen molar-refractivity contribution in [3.05, 3.63) is 0 Å². The molecule has 5 heteroatoms. The topological polar surface area (TPSA) is 18.5 Å². The smallest absolute Gasteiger partial charge is 0.206 e. The van der Waals surface area contributed by atoms with Crippen LogP contribution in [0.4, 0.5) is 0 Å². The summed E-state index contributed by atoms with van der Waals surface area (Å²) in [7, 11) is -0.859. The van der Waals surface area contributed by atoms with Crippen LogP contribution in [-0.4, -0.2) is 24.5 Å². The van der Waals surface area contributed by atoms with Gasteiger partial charge in [-0.1, -0.05) is 39.5 Å². The Labute approximate surface area is 101 Å². The highest BCUT2D eigenvalue weighted by molar-refractivity contribution is 8.50. The molecule has 0 saturated carbocycles. The second kappa shape index (κ2) is 7.35. The van der Waals surface area contributed by atoms with E-state index in [1.165, 1.54) is 0 Å². The van der Waals surface area contributed by atoms with Crippen LogP contribution < -0.4 is 0 Å². The quantitative estimate of drug-likeness (QED) is 0.631. The van der Waals surface area contributed by atoms with Gasteiger partial charge in [0.1, 0.15) is 0 Å². The van der Waals surface area contributed by atoms with Crippen molar-refractivity contribution in [1.29, 1.82) is 0 Å². The highest BCUT2D eigenvalue weighted by atomic mass is 32.6. The summed E-state index contributed by atoms with van der Waals surface area (Å²) in [5.41, 5.74) is -0.559. The Morgan fingerprint density at radius 3 is 1.53 bits per heavy atom. The van der Waals surface area contributed by atoms with Crippen LogP contribution in [0.5, 0.6) is 0 Å². The molecule has 0 spiro atoms. The fraction of sp³-hybridized carbons (Fsp3) is 1.00.